The third kappa shape index (κ3) is 5.30. The number of piperazine rings is 1. The molecule has 0 bridgehead atoms. The monoisotopic (exact) mass is 467 g/mol. The van der Waals surface area contributed by atoms with Crippen molar-refractivity contribution in [3.05, 3.63) is 107 Å². The molecule has 3 aromatic rings. The predicted molar refractivity (Wildman–Crippen MR) is 138 cm³/mol. The van der Waals surface area contributed by atoms with Crippen LogP contribution in [-0.2, 0) is 22.6 Å². The number of amides is 2. The van der Waals surface area contributed by atoms with E-state index in [1.54, 1.807) is 0 Å². The normalized spacial score (nSPS) is 18.3. The molecule has 0 unspecified atom stereocenters. The van der Waals surface area contributed by atoms with Gasteiger partial charge in [-0.2, -0.15) is 0 Å². The Morgan fingerprint density at radius 3 is 2.23 bits per heavy atom. The fraction of sp³-hybridized carbons (Fsp3) is 0.333. The van der Waals surface area contributed by atoms with E-state index in [0.717, 1.165) is 24.2 Å². The molecule has 2 amide bonds. The van der Waals surface area contributed by atoms with Gasteiger partial charge in [-0.15, -0.1) is 0 Å². The molecule has 1 atom stereocenters. The highest BCUT2D eigenvalue weighted by molar-refractivity contribution is 5.80. The molecule has 0 saturated carbocycles. The number of carbonyl (C=O) groups excluding carboxylic acids is 2. The van der Waals surface area contributed by atoms with Crippen LogP contribution in [-0.4, -0.2) is 65.8 Å². The highest BCUT2D eigenvalue weighted by atomic mass is 16.2. The summed E-state index contributed by atoms with van der Waals surface area (Å²) >= 11 is 0. The van der Waals surface area contributed by atoms with Gasteiger partial charge in [0.15, 0.2) is 0 Å². The third-order valence-corrected chi connectivity index (χ3v) is 7.44. The first kappa shape index (κ1) is 23.3. The third-order valence-electron chi connectivity index (χ3n) is 7.44. The number of nitrogens with zero attached hydrogens (tertiary/aromatic N) is 3. The van der Waals surface area contributed by atoms with Gasteiger partial charge in [0.05, 0.1) is 13.0 Å². The van der Waals surface area contributed by atoms with Crippen LogP contribution in [0.25, 0.3) is 0 Å². The molecule has 1 fully saturated rings. The molecule has 180 valence electrons. The lowest BCUT2D eigenvalue weighted by molar-refractivity contribution is -0.135. The number of fused-ring (bicyclic) bond motifs is 1. The van der Waals surface area contributed by atoms with Crippen molar-refractivity contribution in [2.24, 2.45) is 0 Å². The highest BCUT2D eigenvalue weighted by Crippen LogP contribution is 2.33. The maximum absolute atomic E-state index is 13.4. The summed E-state index contributed by atoms with van der Waals surface area (Å²) in [5.74, 6) is 0.532. The number of rotatable bonds is 5. The van der Waals surface area contributed by atoms with Crippen LogP contribution < -0.4 is 0 Å². The van der Waals surface area contributed by atoms with Crippen molar-refractivity contribution in [3.8, 4) is 0 Å². The van der Waals surface area contributed by atoms with Crippen molar-refractivity contribution in [3.63, 3.8) is 0 Å². The van der Waals surface area contributed by atoms with Crippen molar-refractivity contribution in [2.75, 3.05) is 39.3 Å². The fourth-order valence-corrected chi connectivity index (χ4v) is 5.30. The predicted octanol–water partition coefficient (Wildman–Crippen LogP) is 3.86. The maximum Gasteiger partial charge on any atom is 0.237 e. The molecule has 5 rings (SSSR count). The minimum absolute atomic E-state index is 0.167. The Kier molecular flexibility index (Phi) is 6.96. The van der Waals surface area contributed by atoms with Crippen LogP contribution in [0.1, 0.15) is 33.7 Å². The molecular formula is C30H33N3O2. The van der Waals surface area contributed by atoms with Gasteiger partial charge in [0.1, 0.15) is 0 Å². The molecule has 3 aromatic carbocycles. The minimum Gasteiger partial charge on any atom is -0.340 e. The maximum atomic E-state index is 13.4. The van der Waals surface area contributed by atoms with E-state index in [1.807, 2.05) is 47.1 Å². The lowest BCUT2D eigenvalue weighted by atomic mass is 9.84. The van der Waals surface area contributed by atoms with E-state index in [4.69, 9.17) is 0 Å². The quantitative estimate of drug-likeness (QED) is 0.573. The van der Waals surface area contributed by atoms with Crippen LogP contribution in [0.2, 0.25) is 0 Å². The zero-order valence-corrected chi connectivity index (χ0v) is 20.4. The molecule has 5 heteroatoms. The first-order valence-corrected chi connectivity index (χ1v) is 12.5. The summed E-state index contributed by atoms with van der Waals surface area (Å²) in [5.41, 5.74) is 6.05. The number of carbonyl (C=O) groups is 2. The molecule has 1 saturated heterocycles. The lowest BCUT2D eigenvalue weighted by Gasteiger charge is -2.38. The van der Waals surface area contributed by atoms with Crippen LogP contribution >= 0.6 is 0 Å². The number of hydrogen-bond donors (Lipinski definition) is 0. The van der Waals surface area contributed by atoms with E-state index in [2.05, 4.69) is 53.4 Å². The largest absolute Gasteiger partial charge is 0.340 e. The van der Waals surface area contributed by atoms with Crippen LogP contribution in [0.15, 0.2) is 78.9 Å². The topological polar surface area (TPSA) is 43.9 Å². The summed E-state index contributed by atoms with van der Waals surface area (Å²) < 4.78 is 0. The summed E-state index contributed by atoms with van der Waals surface area (Å²) in [6.45, 7) is 6.63. The van der Waals surface area contributed by atoms with Crippen LogP contribution in [0.5, 0.6) is 0 Å². The van der Waals surface area contributed by atoms with Crippen molar-refractivity contribution in [1.82, 2.24) is 14.7 Å². The van der Waals surface area contributed by atoms with Crippen molar-refractivity contribution < 1.29 is 9.59 Å². The van der Waals surface area contributed by atoms with E-state index >= 15 is 0 Å². The molecule has 5 nitrogen and oxygen atoms in total. The van der Waals surface area contributed by atoms with Gasteiger partial charge < -0.3 is 9.80 Å². The Bertz CT molecular complexity index is 1180. The Labute approximate surface area is 208 Å². The Balaban J connectivity index is 1.18. The van der Waals surface area contributed by atoms with Crippen molar-refractivity contribution >= 4 is 11.8 Å². The lowest BCUT2D eigenvalue weighted by Crippen LogP contribution is -2.52. The molecule has 0 spiro atoms. The van der Waals surface area contributed by atoms with Crippen LogP contribution in [0.3, 0.4) is 0 Å². The summed E-state index contributed by atoms with van der Waals surface area (Å²) in [4.78, 5) is 32.3. The Hall–Kier alpha value is -3.44. The van der Waals surface area contributed by atoms with Gasteiger partial charge in [0.25, 0.3) is 0 Å². The molecule has 2 aliphatic rings. The van der Waals surface area contributed by atoms with Gasteiger partial charge in [-0.1, -0.05) is 78.9 Å². The summed E-state index contributed by atoms with van der Waals surface area (Å²) in [6, 6.07) is 27.0. The van der Waals surface area contributed by atoms with Crippen LogP contribution in [0, 0.1) is 6.92 Å². The molecule has 2 heterocycles. The zero-order chi connectivity index (χ0) is 24.2. The summed E-state index contributed by atoms with van der Waals surface area (Å²) in [6.07, 6.45) is 0.444. The smallest absolute Gasteiger partial charge is 0.237 e. The standard InChI is InChI=1S/C30H33N3O2/c1-23-9-5-6-12-25(23)19-29(34)32-17-15-31(16-18-32)22-30(35)33-20-26-13-7-8-14-27(26)28(21-33)24-10-3-2-4-11-24/h2-14,28H,15-22H2,1H3/t28-/m0/s1. The first-order chi connectivity index (χ1) is 17.1. The number of aryl methyl sites for hydroxylation is 1. The van der Waals surface area contributed by atoms with Crippen molar-refractivity contribution in [1.29, 1.82) is 0 Å². The Morgan fingerprint density at radius 1 is 0.771 bits per heavy atom. The summed E-state index contributed by atoms with van der Waals surface area (Å²) in [7, 11) is 0. The van der Waals surface area contributed by atoms with E-state index < -0.39 is 0 Å². The molecule has 0 radical (unpaired) electrons. The van der Waals surface area contributed by atoms with Gasteiger partial charge >= 0.3 is 0 Å². The van der Waals surface area contributed by atoms with Gasteiger partial charge in [0, 0.05) is 45.2 Å². The minimum atomic E-state index is 0.167. The summed E-state index contributed by atoms with van der Waals surface area (Å²) in [5, 5.41) is 0. The molecule has 0 aromatic heterocycles. The first-order valence-electron chi connectivity index (χ1n) is 12.5. The zero-order valence-electron chi connectivity index (χ0n) is 20.4. The molecular weight excluding hydrogens is 434 g/mol. The van der Waals surface area contributed by atoms with Gasteiger partial charge in [-0.25, -0.2) is 0 Å². The highest BCUT2D eigenvalue weighted by Gasteiger charge is 2.30. The van der Waals surface area contributed by atoms with Crippen molar-refractivity contribution in [2.45, 2.75) is 25.8 Å². The van der Waals surface area contributed by atoms with Gasteiger partial charge in [-0.3, -0.25) is 14.5 Å². The van der Waals surface area contributed by atoms with E-state index in [9.17, 15) is 9.59 Å². The fourth-order valence-electron chi connectivity index (χ4n) is 5.30. The van der Waals surface area contributed by atoms with Gasteiger partial charge in [-0.05, 0) is 34.7 Å². The second-order valence-electron chi connectivity index (χ2n) is 9.70. The number of benzene rings is 3. The van der Waals surface area contributed by atoms with Gasteiger partial charge in [0.2, 0.25) is 11.8 Å². The average Bonchev–Trinajstić information content (AvgIpc) is 2.90. The molecule has 2 aliphatic heterocycles. The molecule has 0 N–H and O–H groups in total. The SMILES string of the molecule is Cc1ccccc1CC(=O)N1CCN(CC(=O)N2Cc3ccccc3[C@H](c3ccccc3)C2)CC1. The number of hydrogen-bond acceptors (Lipinski definition) is 3. The Morgan fingerprint density at radius 2 is 1.46 bits per heavy atom. The average molecular weight is 468 g/mol. The second-order valence-corrected chi connectivity index (χ2v) is 9.70. The van der Waals surface area contributed by atoms with E-state index in [-0.39, 0.29) is 17.7 Å². The molecule has 0 aliphatic carbocycles. The molecule has 35 heavy (non-hydrogen) atoms. The van der Waals surface area contributed by atoms with E-state index in [1.165, 1.54) is 16.7 Å². The second kappa shape index (κ2) is 10.4. The van der Waals surface area contributed by atoms with Crippen LogP contribution in [0.4, 0.5) is 0 Å². The van der Waals surface area contributed by atoms with E-state index in [0.29, 0.717) is 39.1 Å².